The third-order valence-corrected chi connectivity index (χ3v) is 3.91. The minimum Gasteiger partial charge on any atom is -0.392 e. The van der Waals surface area contributed by atoms with Crippen LogP contribution in [0.2, 0.25) is 0 Å². The van der Waals surface area contributed by atoms with Crippen LogP contribution in [0, 0.1) is 0 Å². The summed E-state index contributed by atoms with van der Waals surface area (Å²) in [6.45, 7) is 4.87. The fourth-order valence-electron chi connectivity index (χ4n) is 1.40. The number of hydrogen-bond acceptors (Lipinski definition) is 3. The highest BCUT2D eigenvalue weighted by molar-refractivity contribution is 7.99. The normalized spacial score (nSPS) is 27.5. The SMILES string of the molecule is CC(O)C(C)SCCC1CCCO1. The summed E-state index contributed by atoms with van der Waals surface area (Å²) in [5.41, 5.74) is 0. The molecule has 3 heteroatoms. The molecule has 0 aromatic carbocycles. The van der Waals surface area contributed by atoms with E-state index in [1.54, 1.807) is 0 Å². The van der Waals surface area contributed by atoms with Crippen molar-refractivity contribution in [2.24, 2.45) is 0 Å². The van der Waals surface area contributed by atoms with E-state index in [9.17, 15) is 5.11 Å². The van der Waals surface area contributed by atoms with Crippen molar-refractivity contribution in [1.29, 1.82) is 0 Å². The second-order valence-corrected chi connectivity index (χ2v) is 5.23. The summed E-state index contributed by atoms with van der Waals surface area (Å²) < 4.78 is 5.52. The Morgan fingerprint density at radius 1 is 1.54 bits per heavy atom. The molecule has 1 fully saturated rings. The van der Waals surface area contributed by atoms with E-state index >= 15 is 0 Å². The van der Waals surface area contributed by atoms with E-state index < -0.39 is 0 Å². The van der Waals surface area contributed by atoms with Crippen LogP contribution in [0.15, 0.2) is 0 Å². The molecule has 1 rings (SSSR count). The Morgan fingerprint density at radius 2 is 2.31 bits per heavy atom. The number of rotatable bonds is 5. The highest BCUT2D eigenvalue weighted by Crippen LogP contribution is 2.21. The summed E-state index contributed by atoms with van der Waals surface area (Å²) in [6.07, 6.45) is 3.88. The van der Waals surface area contributed by atoms with Crippen LogP contribution in [0.25, 0.3) is 0 Å². The number of hydrogen-bond donors (Lipinski definition) is 1. The predicted molar refractivity (Wildman–Crippen MR) is 57.2 cm³/mol. The molecule has 0 radical (unpaired) electrons. The maximum Gasteiger partial charge on any atom is 0.0627 e. The number of aliphatic hydroxyl groups is 1. The molecule has 2 nitrogen and oxygen atoms in total. The van der Waals surface area contributed by atoms with Crippen molar-refractivity contribution in [3.63, 3.8) is 0 Å². The third-order valence-electron chi connectivity index (χ3n) is 2.52. The standard InChI is InChI=1S/C10H20O2S/c1-8(11)9(2)13-7-5-10-4-3-6-12-10/h8-11H,3-7H2,1-2H3. The first-order valence-electron chi connectivity index (χ1n) is 5.11. The first kappa shape index (κ1) is 11.3. The third kappa shape index (κ3) is 4.34. The minimum absolute atomic E-state index is 0.200. The van der Waals surface area contributed by atoms with Crippen molar-refractivity contribution in [2.75, 3.05) is 12.4 Å². The van der Waals surface area contributed by atoms with Crippen molar-refractivity contribution in [3.05, 3.63) is 0 Å². The molecule has 0 saturated carbocycles. The van der Waals surface area contributed by atoms with Gasteiger partial charge in [0.1, 0.15) is 0 Å². The second-order valence-electron chi connectivity index (χ2n) is 3.74. The Kier molecular flexibility index (Phi) is 5.14. The summed E-state index contributed by atoms with van der Waals surface area (Å²) >= 11 is 1.84. The van der Waals surface area contributed by atoms with Gasteiger partial charge in [0, 0.05) is 11.9 Å². The topological polar surface area (TPSA) is 29.5 Å². The van der Waals surface area contributed by atoms with Crippen molar-refractivity contribution in [3.8, 4) is 0 Å². The van der Waals surface area contributed by atoms with E-state index in [1.165, 1.54) is 12.8 Å². The smallest absolute Gasteiger partial charge is 0.0627 e. The first-order chi connectivity index (χ1) is 6.20. The summed E-state index contributed by atoms with van der Waals surface area (Å²) in [5, 5.41) is 9.61. The van der Waals surface area contributed by atoms with Crippen LogP contribution in [-0.2, 0) is 4.74 Å². The summed E-state index contributed by atoms with van der Waals surface area (Å²) in [6, 6.07) is 0. The first-order valence-corrected chi connectivity index (χ1v) is 6.16. The van der Waals surface area contributed by atoms with Gasteiger partial charge in [0.25, 0.3) is 0 Å². The van der Waals surface area contributed by atoms with Crippen molar-refractivity contribution in [2.45, 2.75) is 50.6 Å². The van der Waals surface area contributed by atoms with Gasteiger partial charge in [0.2, 0.25) is 0 Å². The molecule has 1 N–H and O–H groups in total. The molecule has 0 spiro atoms. The Bertz CT molecular complexity index is 131. The van der Waals surface area contributed by atoms with Crippen LogP contribution in [0.5, 0.6) is 0 Å². The zero-order valence-corrected chi connectivity index (χ0v) is 9.35. The summed E-state index contributed by atoms with van der Waals surface area (Å²) in [5.74, 6) is 1.11. The molecule has 1 heterocycles. The maximum atomic E-state index is 9.26. The van der Waals surface area contributed by atoms with Crippen LogP contribution in [0.1, 0.15) is 33.1 Å². The average Bonchev–Trinajstić information content (AvgIpc) is 2.56. The molecule has 3 atom stereocenters. The van der Waals surface area contributed by atoms with Gasteiger partial charge in [-0.1, -0.05) is 6.92 Å². The minimum atomic E-state index is -0.200. The number of ether oxygens (including phenoxy) is 1. The largest absolute Gasteiger partial charge is 0.392 e. The van der Waals surface area contributed by atoms with Gasteiger partial charge in [-0.25, -0.2) is 0 Å². The van der Waals surface area contributed by atoms with Crippen molar-refractivity contribution < 1.29 is 9.84 Å². The van der Waals surface area contributed by atoms with Gasteiger partial charge in [-0.05, 0) is 31.9 Å². The molecule has 0 aromatic rings. The van der Waals surface area contributed by atoms with E-state index in [2.05, 4.69) is 6.92 Å². The highest BCUT2D eigenvalue weighted by Gasteiger charge is 2.16. The number of aliphatic hydroxyl groups excluding tert-OH is 1. The molecule has 3 unspecified atom stereocenters. The van der Waals surface area contributed by atoms with Gasteiger partial charge in [-0.15, -0.1) is 0 Å². The van der Waals surface area contributed by atoms with Gasteiger partial charge >= 0.3 is 0 Å². The van der Waals surface area contributed by atoms with Gasteiger partial charge in [0.15, 0.2) is 0 Å². The van der Waals surface area contributed by atoms with Crippen molar-refractivity contribution in [1.82, 2.24) is 0 Å². The molecule has 0 aromatic heterocycles. The van der Waals surface area contributed by atoms with Gasteiger partial charge in [0.05, 0.1) is 12.2 Å². The highest BCUT2D eigenvalue weighted by atomic mass is 32.2. The Hall–Kier alpha value is 0.270. The van der Waals surface area contributed by atoms with E-state index in [0.717, 1.165) is 18.8 Å². The molecule has 1 aliphatic rings. The van der Waals surface area contributed by atoms with E-state index in [-0.39, 0.29) is 6.10 Å². The van der Waals surface area contributed by atoms with Gasteiger partial charge in [-0.3, -0.25) is 0 Å². The summed E-state index contributed by atoms with van der Waals surface area (Å²) in [4.78, 5) is 0. The molecule has 0 amide bonds. The average molecular weight is 204 g/mol. The van der Waals surface area contributed by atoms with Gasteiger partial charge < -0.3 is 9.84 Å². The molecular weight excluding hydrogens is 184 g/mol. The molecule has 78 valence electrons. The zero-order valence-electron chi connectivity index (χ0n) is 8.53. The van der Waals surface area contributed by atoms with Crippen LogP contribution in [0.3, 0.4) is 0 Å². The lowest BCUT2D eigenvalue weighted by Crippen LogP contribution is -2.16. The molecule has 0 bridgehead atoms. The fraction of sp³-hybridized carbons (Fsp3) is 1.00. The summed E-state index contributed by atoms with van der Waals surface area (Å²) in [7, 11) is 0. The quantitative estimate of drug-likeness (QED) is 0.743. The second kappa shape index (κ2) is 5.89. The van der Waals surface area contributed by atoms with E-state index in [0.29, 0.717) is 11.4 Å². The van der Waals surface area contributed by atoms with Crippen LogP contribution in [0.4, 0.5) is 0 Å². The molecular formula is C10H20O2S. The monoisotopic (exact) mass is 204 g/mol. The number of thioether (sulfide) groups is 1. The Morgan fingerprint density at radius 3 is 2.85 bits per heavy atom. The Labute approximate surface area is 85.0 Å². The molecule has 0 aliphatic carbocycles. The Balaban J connectivity index is 1.99. The van der Waals surface area contributed by atoms with E-state index in [1.807, 2.05) is 18.7 Å². The molecule has 13 heavy (non-hydrogen) atoms. The molecule has 1 saturated heterocycles. The maximum absolute atomic E-state index is 9.26. The lowest BCUT2D eigenvalue weighted by atomic mass is 10.2. The van der Waals surface area contributed by atoms with Gasteiger partial charge in [-0.2, -0.15) is 11.8 Å². The molecule has 1 aliphatic heterocycles. The van der Waals surface area contributed by atoms with E-state index in [4.69, 9.17) is 4.74 Å². The van der Waals surface area contributed by atoms with Crippen LogP contribution >= 0.6 is 11.8 Å². The predicted octanol–water partition coefficient (Wildman–Crippen LogP) is 2.06. The van der Waals surface area contributed by atoms with Crippen LogP contribution in [-0.4, -0.2) is 34.9 Å². The van der Waals surface area contributed by atoms with Crippen molar-refractivity contribution >= 4 is 11.8 Å². The lowest BCUT2D eigenvalue weighted by Gasteiger charge is -2.15. The van der Waals surface area contributed by atoms with Crippen LogP contribution < -0.4 is 0 Å². The fourth-order valence-corrected chi connectivity index (χ4v) is 2.45. The zero-order chi connectivity index (χ0) is 9.68. The lowest BCUT2D eigenvalue weighted by molar-refractivity contribution is 0.109.